The quantitative estimate of drug-likeness (QED) is 0.675. The second-order valence-corrected chi connectivity index (χ2v) is 5.09. The second kappa shape index (κ2) is 7.78. The minimum Gasteiger partial charge on any atom is -0.478 e. The fraction of sp³-hybridized carbons (Fsp3) is 0.0556. The van der Waals surface area contributed by atoms with Crippen LogP contribution in [0.15, 0.2) is 60.8 Å². The molecular formula is C18H17N3O4. The summed E-state index contributed by atoms with van der Waals surface area (Å²) >= 11 is 0. The molecule has 3 aromatic rings. The smallest absolute Gasteiger partial charge is 0.335 e. The van der Waals surface area contributed by atoms with Crippen molar-refractivity contribution in [1.29, 1.82) is 0 Å². The van der Waals surface area contributed by atoms with E-state index in [2.05, 4.69) is 5.10 Å². The SMILES string of the molecule is Cc1c(C(=O)O)cccc1C(=O)O.Nc1ccnn1-c1ccccc1. The van der Waals surface area contributed by atoms with Crippen LogP contribution in [0.5, 0.6) is 0 Å². The van der Waals surface area contributed by atoms with Crippen molar-refractivity contribution in [2.75, 3.05) is 5.73 Å². The summed E-state index contributed by atoms with van der Waals surface area (Å²) in [5, 5.41) is 21.4. The van der Waals surface area contributed by atoms with Crippen LogP contribution in [0.2, 0.25) is 0 Å². The monoisotopic (exact) mass is 339 g/mol. The van der Waals surface area contributed by atoms with E-state index in [1.807, 2.05) is 30.3 Å². The zero-order valence-electron chi connectivity index (χ0n) is 13.5. The van der Waals surface area contributed by atoms with Crippen LogP contribution in [0.4, 0.5) is 5.82 Å². The summed E-state index contributed by atoms with van der Waals surface area (Å²) in [6.45, 7) is 1.48. The summed E-state index contributed by atoms with van der Waals surface area (Å²) in [5.41, 5.74) is 6.99. The highest BCUT2D eigenvalue weighted by Gasteiger charge is 2.13. The fourth-order valence-corrected chi connectivity index (χ4v) is 2.20. The molecule has 0 aliphatic carbocycles. The van der Waals surface area contributed by atoms with E-state index in [-0.39, 0.29) is 16.7 Å². The number of aromatic carboxylic acids is 2. The lowest BCUT2D eigenvalue weighted by Crippen LogP contribution is -2.06. The Morgan fingerprint density at radius 2 is 1.48 bits per heavy atom. The van der Waals surface area contributed by atoms with E-state index in [1.54, 1.807) is 16.9 Å². The van der Waals surface area contributed by atoms with Gasteiger partial charge in [0.25, 0.3) is 0 Å². The van der Waals surface area contributed by atoms with Crippen LogP contribution >= 0.6 is 0 Å². The van der Waals surface area contributed by atoms with Gasteiger partial charge in [0.15, 0.2) is 0 Å². The van der Waals surface area contributed by atoms with E-state index in [4.69, 9.17) is 15.9 Å². The van der Waals surface area contributed by atoms with Crippen molar-refractivity contribution in [3.8, 4) is 5.69 Å². The van der Waals surface area contributed by atoms with Gasteiger partial charge in [-0.3, -0.25) is 0 Å². The van der Waals surface area contributed by atoms with Crippen molar-refractivity contribution in [2.24, 2.45) is 0 Å². The normalized spacial score (nSPS) is 9.80. The molecule has 0 fully saturated rings. The van der Waals surface area contributed by atoms with Gasteiger partial charge in [-0.15, -0.1) is 0 Å². The van der Waals surface area contributed by atoms with Crippen molar-refractivity contribution in [3.05, 3.63) is 77.5 Å². The molecule has 25 heavy (non-hydrogen) atoms. The van der Waals surface area contributed by atoms with E-state index in [0.717, 1.165) is 5.69 Å². The number of carboxylic acids is 2. The Bertz CT molecular complexity index is 856. The van der Waals surface area contributed by atoms with Gasteiger partial charge in [-0.05, 0) is 36.8 Å². The van der Waals surface area contributed by atoms with E-state index in [0.29, 0.717) is 5.82 Å². The molecule has 0 saturated carbocycles. The lowest BCUT2D eigenvalue weighted by molar-refractivity contribution is 0.0696. The first-order valence-electron chi connectivity index (χ1n) is 7.33. The molecule has 4 N–H and O–H groups in total. The largest absolute Gasteiger partial charge is 0.478 e. The van der Waals surface area contributed by atoms with Crippen LogP contribution in [0.1, 0.15) is 26.3 Å². The van der Waals surface area contributed by atoms with E-state index in [9.17, 15) is 9.59 Å². The van der Waals surface area contributed by atoms with Crippen LogP contribution < -0.4 is 5.73 Å². The highest BCUT2D eigenvalue weighted by Crippen LogP contribution is 2.13. The molecule has 0 saturated heterocycles. The number of rotatable bonds is 3. The highest BCUT2D eigenvalue weighted by atomic mass is 16.4. The Morgan fingerprint density at radius 1 is 0.920 bits per heavy atom. The number of hydrogen-bond acceptors (Lipinski definition) is 4. The van der Waals surface area contributed by atoms with Gasteiger partial charge in [0, 0.05) is 6.07 Å². The van der Waals surface area contributed by atoms with Crippen LogP contribution in [0.25, 0.3) is 5.69 Å². The number of anilines is 1. The van der Waals surface area contributed by atoms with Gasteiger partial charge in [-0.1, -0.05) is 24.3 Å². The number of nitrogens with two attached hydrogens (primary N) is 1. The third-order valence-corrected chi connectivity index (χ3v) is 3.47. The maximum atomic E-state index is 10.6. The molecule has 0 atom stereocenters. The molecule has 0 amide bonds. The summed E-state index contributed by atoms with van der Waals surface area (Å²) in [7, 11) is 0. The fourth-order valence-electron chi connectivity index (χ4n) is 2.20. The number of hydrogen-bond donors (Lipinski definition) is 3. The minimum absolute atomic E-state index is 0.0277. The molecule has 0 aliphatic rings. The average Bonchev–Trinajstić information content (AvgIpc) is 3.02. The van der Waals surface area contributed by atoms with Gasteiger partial charge >= 0.3 is 11.9 Å². The van der Waals surface area contributed by atoms with Gasteiger partial charge in [0.1, 0.15) is 5.82 Å². The number of carbonyl (C=O) groups is 2. The van der Waals surface area contributed by atoms with Crippen molar-refractivity contribution in [1.82, 2.24) is 9.78 Å². The first-order valence-corrected chi connectivity index (χ1v) is 7.33. The Hall–Kier alpha value is -3.61. The molecule has 7 heteroatoms. The summed E-state index contributed by atoms with van der Waals surface area (Å²) in [6, 6.07) is 15.7. The molecule has 0 unspecified atom stereocenters. The number of carboxylic acid groups (broad SMARTS) is 2. The molecule has 1 aromatic heterocycles. The Labute approximate surface area is 144 Å². The minimum atomic E-state index is -1.11. The van der Waals surface area contributed by atoms with Crippen LogP contribution in [0.3, 0.4) is 0 Å². The predicted molar refractivity (Wildman–Crippen MR) is 93.1 cm³/mol. The first-order chi connectivity index (χ1) is 11.9. The molecule has 0 aliphatic heterocycles. The Morgan fingerprint density at radius 3 is 1.92 bits per heavy atom. The number of nitrogens with zero attached hydrogens (tertiary/aromatic N) is 2. The van der Waals surface area contributed by atoms with Gasteiger partial charge < -0.3 is 15.9 Å². The van der Waals surface area contributed by atoms with Crippen LogP contribution in [-0.4, -0.2) is 31.9 Å². The molecule has 1 heterocycles. The third kappa shape index (κ3) is 4.23. The summed E-state index contributed by atoms with van der Waals surface area (Å²) in [5.74, 6) is -1.57. The lowest BCUT2D eigenvalue weighted by atomic mass is 10.0. The lowest BCUT2D eigenvalue weighted by Gasteiger charge is -2.03. The third-order valence-electron chi connectivity index (χ3n) is 3.47. The number of aromatic nitrogens is 2. The topological polar surface area (TPSA) is 118 Å². The number of para-hydroxylation sites is 1. The van der Waals surface area contributed by atoms with Crippen molar-refractivity contribution in [2.45, 2.75) is 6.92 Å². The molecular weight excluding hydrogens is 322 g/mol. The standard InChI is InChI=1S/C9H9N3.C9H8O4/c10-9-6-7-11-12(9)8-4-2-1-3-5-8;1-5-6(8(10)11)3-2-4-7(5)9(12)13/h1-7H,10H2;2-4H,1H3,(H,10,11)(H,12,13). The molecule has 0 bridgehead atoms. The average molecular weight is 339 g/mol. The maximum absolute atomic E-state index is 10.6. The predicted octanol–water partition coefficient (Wildman–Crippen LogP) is 2.85. The molecule has 3 rings (SSSR count). The van der Waals surface area contributed by atoms with E-state index >= 15 is 0 Å². The molecule has 7 nitrogen and oxygen atoms in total. The van der Waals surface area contributed by atoms with Crippen molar-refractivity contribution < 1.29 is 19.8 Å². The number of benzene rings is 2. The zero-order chi connectivity index (χ0) is 18.4. The van der Waals surface area contributed by atoms with Gasteiger partial charge in [-0.2, -0.15) is 5.10 Å². The molecule has 0 spiro atoms. The van der Waals surface area contributed by atoms with Crippen molar-refractivity contribution >= 4 is 17.8 Å². The van der Waals surface area contributed by atoms with Crippen LogP contribution in [-0.2, 0) is 0 Å². The molecule has 2 aromatic carbocycles. The van der Waals surface area contributed by atoms with Crippen molar-refractivity contribution in [3.63, 3.8) is 0 Å². The van der Waals surface area contributed by atoms with Gasteiger partial charge in [0.05, 0.1) is 23.0 Å². The summed E-state index contributed by atoms with van der Waals surface area (Å²) in [6.07, 6.45) is 1.68. The Balaban J connectivity index is 0.000000181. The second-order valence-electron chi connectivity index (χ2n) is 5.09. The first kappa shape index (κ1) is 17.7. The van der Waals surface area contributed by atoms with Gasteiger partial charge in [0.2, 0.25) is 0 Å². The Kier molecular flexibility index (Phi) is 5.52. The zero-order valence-corrected chi connectivity index (χ0v) is 13.5. The molecule has 128 valence electrons. The van der Waals surface area contributed by atoms with E-state index < -0.39 is 11.9 Å². The number of nitrogen functional groups attached to an aromatic ring is 1. The molecule has 0 radical (unpaired) electrons. The highest BCUT2D eigenvalue weighted by molar-refractivity contribution is 5.96. The van der Waals surface area contributed by atoms with Gasteiger partial charge in [-0.25, -0.2) is 14.3 Å². The van der Waals surface area contributed by atoms with E-state index in [1.165, 1.54) is 25.1 Å². The summed E-state index contributed by atoms with van der Waals surface area (Å²) in [4.78, 5) is 21.2. The van der Waals surface area contributed by atoms with Crippen LogP contribution in [0, 0.1) is 6.92 Å². The maximum Gasteiger partial charge on any atom is 0.335 e. The summed E-state index contributed by atoms with van der Waals surface area (Å²) < 4.78 is 1.69.